The van der Waals surface area contributed by atoms with E-state index in [-0.39, 0.29) is 17.8 Å². The van der Waals surface area contributed by atoms with Crippen molar-refractivity contribution in [2.75, 3.05) is 25.1 Å². The van der Waals surface area contributed by atoms with Gasteiger partial charge in [0.15, 0.2) is 0 Å². The Morgan fingerprint density at radius 1 is 1.32 bits per heavy atom. The molecule has 2 atom stereocenters. The Morgan fingerprint density at radius 2 is 2.07 bits per heavy atom. The Kier molecular flexibility index (Phi) is 3.96. The largest absolute Gasteiger partial charge is 0.480 e. The highest BCUT2D eigenvalue weighted by Crippen LogP contribution is 2.39. The number of aromatic nitrogens is 2. The Morgan fingerprint density at radius 3 is 2.75 bits per heavy atom. The highest BCUT2D eigenvalue weighted by molar-refractivity contribution is 6.34. The van der Waals surface area contributed by atoms with Crippen molar-refractivity contribution in [3.8, 4) is 17.0 Å². The first-order chi connectivity index (χ1) is 13.5. The van der Waals surface area contributed by atoms with Crippen LogP contribution in [0.25, 0.3) is 22.0 Å². The van der Waals surface area contributed by atoms with E-state index in [1.807, 2.05) is 12.1 Å². The molecule has 8 heteroatoms. The number of aromatic carboxylic acids is 1. The predicted octanol–water partition coefficient (Wildman–Crippen LogP) is 3.57. The van der Waals surface area contributed by atoms with Crippen molar-refractivity contribution in [3.63, 3.8) is 0 Å². The number of nitrogens with one attached hydrogen (secondary N) is 1. The number of fused-ring (bicyclic) bond motifs is 3. The normalized spacial score (nSPS) is 20.9. The lowest BCUT2D eigenvalue weighted by Gasteiger charge is -2.47. The number of H-pyrrole nitrogens is 1. The lowest BCUT2D eigenvalue weighted by atomic mass is 9.98. The summed E-state index contributed by atoms with van der Waals surface area (Å²) in [4.78, 5) is 21.3. The number of carbonyl (C=O) groups is 1. The van der Waals surface area contributed by atoms with Crippen molar-refractivity contribution in [1.82, 2.24) is 9.97 Å². The fourth-order valence-electron chi connectivity index (χ4n) is 4.04. The molecule has 144 valence electrons. The maximum Gasteiger partial charge on any atom is 0.337 e. The number of pyridine rings is 1. The molecule has 7 nitrogen and oxygen atoms in total. The van der Waals surface area contributed by atoms with Gasteiger partial charge in [-0.15, -0.1) is 0 Å². The number of aromatic amines is 1. The minimum Gasteiger partial charge on any atom is -0.480 e. The summed E-state index contributed by atoms with van der Waals surface area (Å²) in [5, 5.41) is 10.5. The Bertz CT molecular complexity index is 1080. The summed E-state index contributed by atoms with van der Waals surface area (Å²) in [7, 11) is 1.57. The highest BCUT2D eigenvalue weighted by atomic mass is 35.5. The average molecular weight is 400 g/mol. The molecule has 3 aliphatic rings. The van der Waals surface area contributed by atoms with Gasteiger partial charge in [-0.3, -0.25) is 0 Å². The fourth-order valence-corrected chi connectivity index (χ4v) is 4.30. The molecule has 3 aromatic rings. The summed E-state index contributed by atoms with van der Waals surface area (Å²) in [6.45, 7) is 1.65. The number of benzene rings is 1. The van der Waals surface area contributed by atoms with Crippen molar-refractivity contribution in [2.24, 2.45) is 0 Å². The van der Waals surface area contributed by atoms with E-state index in [1.54, 1.807) is 19.2 Å². The van der Waals surface area contributed by atoms with Crippen LogP contribution < -0.4 is 9.64 Å². The molecule has 2 bridgehead atoms. The van der Waals surface area contributed by atoms with Gasteiger partial charge in [0.25, 0.3) is 0 Å². The molecular weight excluding hydrogens is 382 g/mol. The zero-order valence-corrected chi connectivity index (χ0v) is 15.9. The molecule has 0 radical (unpaired) electrons. The predicted molar refractivity (Wildman–Crippen MR) is 106 cm³/mol. The van der Waals surface area contributed by atoms with E-state index in [0.717, 1.165) is 25.3 Å². The number of nitrogens with zero attached hydrogens (tertiary/aromatic N) is 2. The summed E-state index contributed by atoms with van der Waals surface area (Å²) >= 11 is 6.49. The van der Waals surface area contributed by atoms with Crippen LogP contribution in [0.1, 0.15) is 16.8 Å². The monoisotopic (exact) mass is 399 g/mol. The summed E-state index contributed by atoms with van der Waals surface area (Å²) in [5.41, 5.74) is 2.26. The first-order valence-electron chi connectivity index (χ1n) is 9.03. The smallest absolute Gasteiger partial charge is 0.337 e. The summed E-state index contributed by atoms with van der Waals surface area (Å²) < 4.78 is 11.2. The molecule has 0 saturated carbocycles. The maximum atomic E-state index is 11.5. The Labute approximate surface area is 165 Å². The average Bonchev–Trinajstić information content (AvgIpc) is 3.09. The van der Waals surface area contributed by atoms with Crippen molar-refractivity contribution in [1.29, 1.82) is 0 Å². The maximum absolute atomic E-state index is 11.5. The van der Waals surface area contributed by atoms with Gasteiger partial charge >= 0.3 is 5.97 Å². The molecule has 28 heavy (non-hydrogen) atoms. The van der Waals surface area contributed by atoms with Crippen LogP contribution in [-0.2, 0) is 4.74 Å². The van der Waals surface area contributed by atoms with Crippen LogP contribution >= 0.6 is 11.6 Å². The van der Waals surface area contributed by atoms with Gasteiger partial charge in [-0.1, -0.05) is 11.6 Å². The third-order valence-corrected chi connectivity index (χ3v) is 5.72. The molecule has 0 aliphatic carbocycles. The number of ether oxygens (including phenoxy) is 2. The molecule has 6 rings (SSSR count). The Hall–Kier alpha value is -2.77. The molecule has 2 unspecified atom stereocenters. The molecule has 3 aliphatic heterocycles. The molecule has 3 fully saturated rings. The second-order valence-corrected chi connectivity index (χ2v) is 7.54. The van der Waals surface area contributed by atoms with E-state index in [2.05, 4.69) is 14.9 Å². The quantitative estimate of drug-likeness (QED) is 0.697. The van der Waals surface area contributed by atoms with E-state index in [9.17, 15) is 9.90 Å². The van der Waals surface area contributed by atoms with Gasteiger partial charge in [0, 0.05) is 47.7 Å². The van der Waals surface area contributed by atoms with Crippen LogP contribution in [0.3, 0.4) is 0 Å². The second-order valence-electron chi connectivity index (χ2n) is 7.13. The highest BCUT2D eigenvalue weighted by Gasteiger charge is 2.38. The second kappa shape index (κ2) is 6.39. The van der Waals surface area contributed by atoms with E-state index >= 15 is 0 Å². The first-order valence-corrected chi connectivity index (χ1v) is 9.41. The first kappa shape index (κ1) is 17.3. The van der Waals surface area contributed by atoms with Gasteiger partial charge in [0.05, 0.1) is 29.9 Å². The van der Waals surface area contributed by atoms with Crippen molar-refractivity contribution >= 4 is 34.3 Å². The molecule has 5 heterocycles. The van der Waals surface area contributed by atoms with Crippen LogP contribution in [-0.4, -0.2) is 53.5 Å². The molecule has 0 spiro atoms. The van der Waals surface area contributed by atoms with Crippen LogP contribution in [0.2, 0.25) is 5.02 Å². The molecule has 0 amide bonds. The summed E-state index contributed by atoms with van der Waals surface area (Å²) in [6.07, 6.45) is 3.15. The summed E-state index contributed by atoms with van der Waals surface area (Å²) in [6, 6.07) is 7.35. The fraction of sp³-hybridized carbons (Fsp3) is 0.300. The van der Waals surface area contributed by atoms with Gasteiger partial charge in [-0.05, 0) is 24.3 Å². The van der Waals surface area contributed by atoms with Gasteiger partial charge < -0.3 is 24.5 Å². The zero-order chi connectivity index (χ0) is 19.4. The number of morpholine rings is 1. The minimum absolute atomic E-state index is 0.198. The number of anilines is 1. The molecule has 2 aromatic heterocycles. The number of carboxylic acid groups (broad SMARTS) is 1. The van der Waals surface area contributed by atoms with Crippen LogP contribution in [0, 0.1) is 0 Å². The van der Waals surface area contributed by atoms with Gasteiger partial charge in [-0.25, -0.2) is 4.79 Å². The number of piperidine rings is 1. The third kappa shape index (κ3) is 2.70. The number of rotatable bonds is 4. The standard InChI is InChI=1S/C20H18ClN3O4/c1-27-19-12(2-3-18(23-19)24-8-10-4-11(9-24)28-10)13-5-14-15(20(25)26)7-22-17(14)6-16(13)21/h2-3,5-7,10-11,22H,4,8-9H2,1H3,(H,25,26). The third-order valence-electron chi connectivity index (χ3n) is 5.41. The topological polar surface area (TPSA) is 87.7 Å². The van der Waals surface area contributed by atoms with Crippen molar-refractivity contribution < 1.29 is 19.4 Å². The number of hydrogen-bond donors (Lipinski definition) is 2. The van der Waals surface area contributed by atoms with Crippen molar-refractivity contribution in [2.45, 2.75) is 18.6 Å². The number of halogens is 1. The van der Waals surface area contributed by atoms with E-state index in [1.165, 1.54) is 6.20 Å². The van der Waals surface area contributed by atoms with Gasteiger partial charge in [-0.2, -0.15) is 4.98 Å². The summed E-state index contributed by atoms with van der Waals surface area (Å²) in [5.74, 6) is 0.292. The van der Waals surface area contributed by atoms with E-state index in [0.29, 0.717) is 32.9 Å². The molecular formula is C20H18ClN3O4. The lowest BCUT2D eigenvalue weighted by Crippen LogP contribution is -2.57. The number of hydrogen-bond acceptors (Lipinski definition) is 5. The van der Waals surface area contributed by atoms with Gasteiger partial charge in [0.1, 0.15) is 5.82 Å². The van der Waals surface area contributed by atoms with E-state index < -0.39 is 5.97 Å². The van der Waals surface area contributed by atoms with Crippen LogP contribution in [0.15, 0.2) is 30.5 Å². The van der Waals surface area contributed by atoms with E-state index in [4.69, 9.17) is 21.1 Å². The zero-order valence-electron chi connectivity index (χ0n) is 15.1. The lowest BCUT2D eigenvalue weighted by molar-refractivity contribution is -0.133. The number of carboxylic acids is 1. The number of methoxy groups -OCH3 is 1. The van der Waals surface area contributed by atoms with Crippen molar-refractivity contribution in [3.05, 3.63) is 41.0 Å². The Balaban J connectivity index is 1.57. The van der Waals surface area contributed by atoms with Crippen LogP contribution in [0.5, 0.6) is 5.88 Å². The molecule has 1 aromatic carbocycles. The van der Waals surface area contributed by atoms with Crippen LogP contribution in [0.4, 0.5) is 5.82 Å². The molecule has 3 saturated heterocycles. The minimum atomic E-state index is -0.995. The SMILES string of the molecule is COc1nc(N2CC3CC(C2)O3)ccc1-c1cc2c(C(=O)O)c[nH]c2cc1Cl. The van der Waals surface area contributed by atoms with Gasteiger partial charge in [0.2, 0.25) is 5.88 Å². The molecule has 2 N–H and O–H groups in total.